The van der Waals surface area contributed by atoms with Crippen LogP contribution in [0.15, 0.2) is 6.33 Å². The molecule has 0 aliphatic heterocycles. The smallest absolute Gasteiger partial charge is 0.0925 e. The average molecular weight is 154 g/mol. The molecular weight excluding hydrogens is 140 g/mol. The lowest BCUT2D eigenvalue weighted by Crippen LogP contribution is -1.92. The molecule has 1 aromatic rings. The molecule has 0 aliphatic rings. The largest absolute Gasteiger partial charge is 0.390 e. The summed E-state index contributed by atoms with van der Waals surface area (Å²) >= 11 is 0. The predicted octanol–water partition coefficient (Wildman–Crippen LogP) is 1.24. The normalized spacial score (nSPS) is 10.4. The summed E-state index contributed by atoms with van der Waals surface area (Å²) in [5, 5.41) is 8.84. The van der Waals surface area contributed by atoms with Crippen molar-refractivity contribution in [1.29, 1.82) is 0 Å². The highest BCUT2D eigenvalue weighted by Crippen LogP contribution is 2.06. The predicted molar refractivity (Wildman–Crippen MR) is 43.1 cm³/mol. The van der Waals surface area contributed by atoms with E-state index in [0.29, 0.717) is 0 Å². The molecule has 0 unspecified atom stereocenters. The van der Waals surface area contributed by atoms with Gasteiger partial charge in [0.25, 0.3) is 0 Å². The van der Waals surface area contributed by atoms with Crippen molar-refractivity contribution in [3.05, 3.63) is 17.7 Å². The van der Waals surface area contributed by atoms with Gasteiger partial charge in [-0.25, -0.2) is 4.98 Å². The SMILES string of the molecule is CCCCc1nc[nH]c1CO. The molecule has 3 heteroatoms. The van der Waals surface area contributed by atoms with Crippen molar-refractivity contribution >= 4 is 0 Å². The zero-order chi connectivity index (χ0) is 8.10. The Morgan fingerprint density at radius 1 is 1.64 bits per heavy atom. The summed E-state index contributed by atoms with van der Waals surface area (Å²) in [5.41, 5.74) is 1.87. The van der Waals surface area contributed by atoms with E-state index in [1.807, 2.05) is 0 Å². The lowest BCUT2D eigenvalue weighted by Gasteiger charge is -1.96. The van der Waals surface area contributed by atoms with E-state index >= 15 is 0 Å². The highest BCUT2D eigenvalue weighted by Gasteiger charge is 2.01. The maximum Gasteiger partial charge on any atom is 0.0925 e. The summed E-state index contributed by atoms with van der Waals surface area (Å²) in [6.45, 7) is 2.21. The second-order valence-corrected chi connectivity index (χ2v) is 2.59. The fraction of sp³-hybridized carbons (Fsp3) is 0.625. The van der Waals surface area contributed by atoms with Crippen LogP contribution in [0.2, 0.25) is 0 Å². The number of unbranched alkanes of at least 4 members (excludes halogenated alkanes) is 1. The third kappa shape index (κ3) is 2.05. The molecule has 0 amide bonds. The first-order valence-electron chi connectivity index (χ1n) is 4.00. The summed E-state index contributed by atoms with van der Waals surface area (Å²) in [7, 11) is 0. The molecule has 0 saturated heterocycles. The van der Waals surface area contributed by atoms with Crippen molar-refractivity contribution in [2.75, 3.05) is 0 Å². The molecule has 1 heterocycles. The second-order valence-electron chi connectivity index (χ2n) is 2.59. The summed E-state index contributed by atoms with van der Waals surface area (Å²) in [4.78, 5) is 7.01. The van der Waals surface area contributed by atoms with Crippen LogP contribution in [0.4, 0.5) is 0 Å². The summed E-state index contributed by atoms with van der Waals surface area (Å²) in [5.74, 6) is 0. The molecular formula is C8H14N2O. The van der Waals surface area contributed by atoms with Gasteiger partial charge in [0, 0.05) is 0 Å². The molecule has 3 nitrogen and oxygen atoms in total. The zero-order valence-electron chi connectivity index (χ0n) is 6.80. The van der Waals surface area contributed by atoms with E-state index < -0.39 is 0 Å². The van der Waals surface area contributed by atoms with Gasteiger partial charge in [-0.1, -0.05) is 13.3 Å². The van der Waals surface area contributed by atoms with Gasteiger partial charge in [0.15, 0.2) is 0 Å². The van der Waals surface area contributed by atoms with Crippen molar-refractivity contribution in [3.8, 4) is 0 Å². The van der Waals surface area contributed by atoms with Gasteiger partial charge in [-0.05, 0) is 12.8 Å². The molecule has 1 aromatic heterocycles. The van der Waals surface area contributed by atoms with Crippen molar-refractivity contribution in [1.82, 2.24) is 9.97 Å². The minimum Gasteiger partial charge on any atom is -0.390 e. The molecule has 0 atom stereocenters. The van der Waals surface area contributed by atoms with Crippen LogP contribution in [-0.2, 0) is 13.0 Å². The molecule has 0 saturated carbocycles. The van der Waals surface area contributed by atoms with Crippen molar-refractivity contribution in [2.24, 2.45) is 0 Å². The number of aliphatic hydroxyl groups is 1. The molecule has 11 heavy (non-hydrogen) atoms. The van der Waals surface area contributed by atoms with Crippen LogP contribution in [-0.4, -0.2) is 15.1 Å². The van der Waals surface area contributed by atoms with E-state index in [1.54, 1.807) is 6.33 Å². The average Bonchev–Trinajstić information content (AvgIpc) is 2.47. The number of nitrogens with zero attached hydrogens (tertiary/aromatic N) is 1. The van der Waals surface area contributed by atoms with Gasteiger partial charge < -0.3 is 10.1 Å². The number of imidazole rings is 1. The number of H-pyrrole nitrogens is 1. The number of rotatable bonds is 4. The first-order chi connectivity index (χ1) is 5.38. The van der Waals surface area contributed by atoms with Crippen molar-refractivity contribution in [3.63, 3.8) is 0 Å². The molecule has 0 aromatic carbocycles. The van der Waals surface area contributed by atoms with Gasteiger partial charge in [0.05, 0.1) is 24.3 Å². The third-order valence-electron chi connectivity index (χ3n) is 1.73. The quantitative estimate of drug-likeness (QED) is 0.685. The van der Waals surface area contributed by atoms with Crippen LogP contribution in [0.5, 0.6) is 0 Å². The van der Waals surface area contributed by atoms with Gasteiger partial charge in [-0.3, -0.25) is 0 Å². The highest BCUT2D eigenvalue weighted by molar-refractivity contribution is 5.09. The minimum absolute atomic E-state index is 0.0685. The molecule has 0 aliphatic carbocycles. The van der Waals surface area contributed by atoms with E-state index in [0.717, 1.165) is 30.7 Å². The molecule has 62 valence electrons. The zero-order valence-corrected chi connectivity index (χ0v) is 6.80. The van der Waals surface area contributed by atoms with Gasteiger partial charge in [0.1, 0.15) is 0 Å². The van der Waals surface area contributed by atoms with Gasteiger partial charge >= 0.3 is 0 Å². The third-order valence-corrected chi connectivity index (χ3v) is 1.73. The monoisotopic (exact) mass is 154 g/mol. The fourth-order valence-electron chi connectivity index (χ4n) is 1.05. The Bertz CT molecular complexity index is 208. The van der Waals surface area contributed by atoms with E-state index in [-0.39, 0.29) is 6.61 Å². The number of hydrogen-bond acceptors (Lipinski definition) is 2. The lowest BCUT2D eigenvalue weighted by atomic mass is 10.2. The minimum atomic E-state index is 0.0685. The Kier molecular flexibility index (Phi) is 3.11. The maximum atomic E-state index is 8.84. The highest BCUT2D eigenvalue weighted by atomic mass is 16.3. The number of aromatic nitrogens is 2. The Morgan fingerprint density at radius 3 is 3.09 bits per heavy atom. The number of aliphatic hydroxyl groups excluding tert-OH is 1. The van der Waals surface area contributed by atoms with Crippen LogP contribution >= 0.6 is 0 Å². The van der Waals surface area contributed by atoms with E-state index in [2.05, 4.69) is 16.9 Å². The number of hydrogen-bond donors (Lipinski definition) is 2. The van der Waals surface area contributed by atoms with Crippen LogP contribution < -0.4 is 0 Å². The number of nitrogens with one attached hydrogen (secondary N) is 1. The number of aromatic amines is 1. The van der Waals surface area contributed by atoms with Gasteiger partial charge in [0.2, 0.25) is 0 Å². The van der Waals surface area contributed by atoms with Crippen molar-refractivity contribution < 1.29 is 5.11 Å². The van der Waals surface area contributed by atoms with Crippen LogP contribution in [0, 0.1) is 0 Å². The van der Waals surface area contributed by atoms with Crippen LogP contribution in [0.3, 0.4) is 0 Å². The van der Waals surface area contributed by atoms with E-state index in [9.17, 15) is 0 Å². The first-order valence-corrected chi connectivity index (χ1v) is 4.00. The molecule has 1 rings (SSSR count). The lowest BCUT2D eigenvalue weighted by molar-refractivity contribution is 0.276. The molecule has 0 fully saturated rings. The first kappa shape index (κ1) is 8.27. The molecule has 0 bridgehead atoms. The van der Waals surface area contributed by atoms with E-state index in [4.69, 9.17) is 5.11 Å². The number of aryl methyl sites for hydroxylation is 1. The maximum absolute atomic E-state index is 8.84. The van der Waals surface area contributed by atoms with Gasteiger partial charge in [-0.2, -0.15) is 0 Å². The summed E-state index contributed by atoms with van der Waals surface area (Å²) in [6, 6.07) is 0. The Labute approximate surface area is 66.5 Å². The summed E-state index contributed by atoms with van der Waals surface area (Å²) in [6.07, 6.45) is 4.90. The van der Waals surface area contributed by atoms with Crippen LogP contribution in [0.1, 0.15) is 31.2 Å². The van der Waals surface area contributed by atoms with Crippen LogP contribution in [0.25, 0.3) is 0 Å². The topological polar surface area (TPSA) is 48.9 Å². The van der Waals surface area contributed by atoms with Crippen molar-refractivity contribution in [2.45, 2.75) is 32.8 Å². The second kappa shape index (κ2) is 4.13. The Balaban J connectivity index is 2.54. The fourth-order valence-corrected chi connectivity index (χ4v) is 1.05. The Hall–Kier alpha value is -0.830. The summed E-state index contributed by atoms with van der Waals surface area (Å²) < 4.78 is 0. The molecule has 0 spiro atoms. The Morgan fingerprint density at radius 2 is 2.45 bits per heavy atom. The molecule has 2 N–H and O–H groups in total. The van der Waals surface area contributed by atoms with E-state index in [1.165, 1.54) is 0 Å². The molecule has 0 radical (unpaired) electrons. The van der Waals surface area contributed by atoms with Gasteiger partial charge in [-0.15, -0.1) is 0 Å². The standard InChI is InChI=1S/C8H14N2O/c1-2-3-4-7-8(5-11)10-6-9-7/h6,11H,2-5H2,1H3,(H,9,10).